The minimum Gasteiger partial charge on any atom is -0.168 e. The zero-order valence-electron chi connectivity index (χ0n) is 4.14. The summed E-state index contributed by atoms with van der Waals surface area (Å²) in [5.74, 6) is 0. The molecular formula is C4H10S2. The third-order valence-electron chi connectivity index (χ3n) is 0.408. The normalized spacial score (nSPS) is 10.0. The number of hydrogen-bond acceptors (Lipinski definition) is 2. The standard InChI is InChI=1S/C4H10S2/c1-4(2)6-3-5/h4-5H,3H2,1-2H3. The fourth-order valence-electron chi connectivity index (χ4n) is 0.149. The second kappa shape index (κ2) is 3.88. The van der Waals surface area contributed by atoms with E-state index in [2.05, 4.69) is 26.5 Å². The minimum atomic E-state index is 0.738. The monoisotopic (exact) mass is 122 g/mol. The molecule has 0 aromatic heterocycles. The molecule has 0 aromatic rings. The molecule has 0 radical (unpaired) electrons. The van der Waals surface area contributed by atoms with Gasteiger partial charge in [0.05, 0.1) is 0 Å². The van der Waals surface area contributed by atoms with E-state index in [0.29, 0.717) is 0 Å². The molecule has 0 atom stereocenters. The molecule has 38 valence electrons. The maximum atomic E-state index is 4.02. The molecule has 0 spiro atoms. The van der Waals surface area contributed by atoms with Crippen molar-refractivity contribution in [2.75, 3.05) is 5.08 Å². The molecule has 0 saturated heterocycles. The van der Waals surface area contributed by atoms with Gasteiger partial charge in [-0.1, -0.05) is 13.8 Å². The Bertz CT molecular complexity index is 26.7. The smallest absolute Gasteiger partial charge is 0.0364 e. The first-order valence-electron chi connectivity index (χ1n) is 2.00. The topological polar surface area (TPSA) is 0 Å². The molecular weight excluding hydrogens is 112 g/mol. The van der Waals surface area contributed by atoms with E-state index in [9.17, 15) is 0 Å². The van der Waals surface area contributed by atoms with Crippen LogP contribution in [0, 0.1) is 0 Å². The lowest BCUT2D eigenvalue weighted by Crippen LogP contribution is -1.82. The summed E-state index contributed by atoms with van der Waals surface area (Å²) in [5, 5.41) is 1.68. The van der Waals surface area contributed by atoms with Crippen LogP contribution in [0.4, 0.5) is 0 Å². The highest BCUT2D eigenvalue weighted by molar-refractivity contribution is 8.09. The molecule has 0 nitrogen and oxygen atoms in total. The third kappa shape index (κ3) is 4.70. The van der Waals surface area contributed by atoms with E-state index < -0.39 is 0 Å². The van der Waals surface area contributed by atoms with Gasteiger partial charge in [-0.2, -0.15) is 12.6 Å². The lowest BCUT2D eigenvalue weighted by atomic mass is 10.6. The van der Waals surface area contributed by atoms with Crippen molar-refractivity contribution < 1.29 is 0 Å². The van der Waals surface area contributed by atoms with Crippen LogP contribution >= 0.6 is 24.4 Å². The molecule has 0 aliphatic heterocycles. The molecule has 0 saturated carbocycles. The van der Waals surface area contributed by atoms with Crippen LogP contribution in [-0.2, 0) is 0 Å². The van der Waals surface area contributed by atoms with Gasteiger partial charge in [0.1, 0.15) is 0 Å². The Balaban J connectivity index is 2.63. The summed E-state index contributed by atoms with van der Waals surface area (Å²) in [6.45, 7) is 4.34. The quantitative estimate of drug-likeness (QED) is 0.432. The van der Waals surface area contributed by atoms with Crippen LogP contribution in [0.1, 0.15) is 13.8 Å². The predicted octanol–water partition coefficient (Wildman–Crippen LogP) is 2.02. The van der Waals surface area contributed by atoms with Crippen LogP contribution in [0.25, 0.3) is 0 Å². The van der Waals surface area contributed by atoms with Crippen LogP contribution in [-0.4, -0.2) is 10.3 Å². The average molecular weight is 122 g/mol. The highest BCUT2D eigenvalue weighted by atomic mass is 32.2. The van der Waals surface area contributed by atoms with Crippen molar-refractivity contribution in [3.8, 4) is 0 Å². The summed E-state index contributed by atoms with van der Waals surface area (Å²) in [6, 6.07) is 0. The number of rotatable bonds is 2. The van der Waals surface area contributed by atoms with Crippen molar-refractivity contribution in [2.24, 2.45) is 0 Å². The number of thiol groups is 1. The average Bonchev–Trinajstić information content (AvgIpc) is 1.35. The van der Waals surface area contributed by atoms with Gasteiger partial charge in [0, 0.05) is 5.08 Å². The Kier molecular flexibility index (Phi) is 4.33. The van der Waals surface area contributed by atoms with Crippen molar-refractivity contribution in [3.63, 3.8) is 0 Å². The van der Waals surface area contributed by atoms with Gasteiger partial charge in [-0.05, 0) is 5.25 Å². The van der Waals surface area contributed by atoms with Gasteiger partial charge in [0.15, 0.2) is 0 Å². The van der Waals surface area contributed by atoms with Gasteiger partial charge in [0.2, 0.25) is 0 Å². The molecule has 0 rings (SSSR count). The highest BCUT2D eigenvalue weighted by Gasteiger charge is 1.86. The van der Waals surface area contributed by atoms with Crippen molar-refractivity contribution in [3.05, 3.63) is 0 Å². The van der Waals surface area contributed by atoms with E-state index in [1.54, 1.807) is 0 Å². The molecule has 0 N–H and O–H groups in total. The van der Waals surface area contributed by atoms with Gasteiger partial charge < -0.3 is 0 Å². The van der Waals surface area contributed by atoms with Crippen LogP contribution in [0.5, 0.6) is 0 Å². The Hall–Kier alpha value is 0.700. The molecule has 2 heteroatoms. The predicted molar refractivity (Wildman–Crippen MR) is 36.6 cm³/mol. The largest absolute Gasteiger partial charge is 0.168 e. The maximum absolute atomic E-state index is 4.02. The van der Waals surface area contributed by atoms with Crippen molar-refractivity contribution in [2.45, 2.75) is 19.1 Å². The maximum Gasteiger partial charge on any atom is 0.0364 e. The number of thioether (sulfide) groups is 1. The SMILES string of the molecule is CC(C)SCS. The molecule has 0 unspecified atom stereocenters. The summed E-state index contributed by atoms with van der Waals surface area (Å²) < 4.78 is 0. The Labute approximate surface area is 49.1 Å². The van der Waals surface area contributed by atoms with Crippen LogP contribution in [0.3, 0.4) is 0 Å². The fourth-order valence-corrected chi connectivity index (χ4v) is 1.34. The van der Waals surface area contributed by atoms with E-state index in [1.807, 2.05) is 11.8 Å². The minimum absolute atomic E-state index is 0.738. The zero-order valence-corrected chi connectivity index (χ0v) is 5.85. The molecule has 0 amide bonds. The first-order valence-corrected chi connectivity index (χ1v) is 3.68. The third-order valence-corrected chi connectivity index (χ3v) is 1.67. The van der Waals surface area contributed by atoms with Crippen LogP contribution < -0.4 is 0 Å². The molecule has 0 aliphatic rings. The zero-order chi connectivity index (χ0) is 4.99. The van der Waals surface area contributed by atoms with Gasteiger partial charge >= 0.3 is 0 Å². The van der Waals surface area contributed by atoms with Gasteiger partial charge in [-0.15, -0.1) is 11.8 Å². The number of hydrogen-bond donors (Lipinski definition) is 1. The second-order valence-corrected chi connectivity index (χ2v) is 3.65. The van der Waals surface area contributed by atoms with E-state index in [-0.39, 0.29) is 0 Å². The lowest BCUT2D eigenvalue weighted by Gasteiger charge is -1.95. The first kappa shape index (κ1) is 6.70. The van der Waals surface area contributed by atoms with E-state index in [4.69, 9.17) is 0 Å². The molecule has 6 heavy (non-hydrogen) atoms. The van der Waals surface area contributed by atoms with Gasteiger partial charge in [-0.25, -0.2) is 0 Å². The molecule has 0 aromatic carbocycles. The summed E-state index contributed by atoms with van der Waals surface area (Å²) in [5.41, 5.74) is 0. The summed E-state index contributed by atoms with van der Waals surface area (Å²) in [6.07, 6.45) is 0. The molecule has 0 fully saturated rings. The van der Waals surface area contributed by atoms with Gasteiger partial charge in [0.25, 0.3) is 0 Å². The Morgan fingerprint density at radius 3 is 2.17 bits per heavy atom. The van der Waals surface area contributed by atoms with Crippen molar-refractivity contribution in [1.29, 1.82) is 0 Å². The molecule has 0 aliphatic carbocycles. The first-order chi connectivity index (χ1) is 2.77. The Morgan fingerprint density at radius 2 is 2.17 bits per heavy atom. The van der Waals surface area contributed by atoms with E-state index >= 15 is 0 Å². The van der Waals surface area contributed by atoms with Gasteiger partial charge in [-0.3, -0.25) is 0 Å². The van der Waals surface area contributed by atoms with E-state index in [1.165, 1.54) is 0 Å². The fraction of sp³-hybridized carbons (Fsp3) is 1.00. The van der Waals surface area contributed by atoms with Crippen LogP contribution in [0.2, 0.25) is 0 Å². The Morgan fingerprint density at radius 1 is 1.67 bits per heavy atom. The lowest BCUT2D eigenvalue weighted by molar-refractivity contribution is 1.12. The highest BCUT2D eigenvalue weighted by Crippen LogP contribution is 2.08. The van der Waals surface area contributed by atoms with Crippen molar-refractivity contribution >= 4 is 24.4 Å². The molecule has 0 bridgehead atoms. The summed E-state index contributed by atoms with van der Waals surface area (Å²) in [4.78, 5) is 0. The summed E-state index contributed by atoms with van der Waals surface area (Å²) >= 11 is 5.87. The molecule has 0 heterocycles. The summed E-state index contributed by atoms with van der Waals surface area (Å²) in [7, 11) is 0. The van der Waals surface area contributed by atoms with Crippen LogP contribution in [0.15, 0.2) is 0 Å². The second-order valence-electron chi connectivity index (χ2n) is 1.34. The van der Waals surface area contributed by atoms with E-state index in [0.717, 1.165) is 10.3 Å². The van der Waals surface area contributed by atoms with Crippen molar-refractivity contribution in [1.82, 2.24) is 0 Å².